The third-order valence-corrected chi connectivity index (χ3v) is 15.8. The summed E-state index contributed by atoms with van der Waals surface area (Å²) in [5.41, 5.74) is 28.4. The fourth-order valence-electron chi connectivity index (χ4n) is 11.0. The largest absolute Gasteiger partial charge is 0.508 e. The number of guanidine groups is 2. The monoisotopic (exact) mass is 1200 g/mol. The number of carboxylic acid groups (broad SMARTS) is 1. The lowest BCUT2D eigenvalue weighted by molar-refractivity contribution is -0.149. The number of aliphatic carboxylic acids is 1. The SMILES string of the molecule is CC(=O)c1ccc(C(=O)N[C@@H](CCCCN)C(=O)N2CCC[C@H]2C(=O)N[C@@H](CC(C)C)C(=O)N2CCC[C@H]2C(=O)N(C)[C@@H](CCCN=C(N)N)C(=O)C[C@H](C(=O)N[C@@H](CCCN=C(N)N)C(=O)C[C@@H](Cc2ccc(O)cc2)C(=O)O)C(C)(C)C)cc1. The second-order valence-electron chi connectivity index (χ2n) is 24.1. The van der Waals surface area contributed by atoms with Gasteiger partial charge in [0, 0.05) is 63.1 Å². The van der Waals surface area contributed by atoms with Crippen molar-refractivity contribution in [2.45, 2.75) is 174 Å². The van der Waals surface area contributed by atoms with Crippen molar-refractivity contribution in [3.63, 3.8) is 0 Å². The van der Waals surface area contributed by atoms with Gasteiger partial charge in [-0.1, -0.05) is 58.9 Å². The van der Waals surface area contributed by atoms with Gasteiger partial charge in [0.1, 0.15) is 29.9 Å². The van der Waals surface area contributed by atoms with E-state index < -0.39 is 119 Å². The number of carbonyl (C=O) groups is 10. The van der Waals surface area contributed by atoms with Crippen LogP contribution in [0.15, 0.2) is 58.5 Å². The van der Waals surface area contributed by atoms with Crippen LogP contribution in [0.2, 0.25) is 0 Å². The molecule has 4 rings (SSSR count). The zero-order chi connectivity index (χ0) is 64.0. The summed E-state index contributed by atoms with van der Waals surface area (Å²) in [5.74, 6) is -8.57. The maximum Gasteiger partial charge on any atom is 0.307 e. The van der Waals surface area contributed by atoms with E-state index in [0.717, 1.165) is 0 Å². The molecule has 2 aliphatic heterocycles. The van der Waals surface area contributed by atoms with Crippen molar-refractivity contribution in [3.8, 4) is 5.75 Å². The molecular weight excluding hydrogens is 1110 g/mol. The number of nitrogens with one attached hydrogen (secondary N) is 3. The van der Waals surface area contributed by atoms with Gasteiger partial charge in [-0.2, -0.15) is 0 Å². The molecule has 0 unspecified atom stereocenters. The third kappa shape index (κ3) is 21.5. The number of carboxylic acids is 1. The predicted molar refractivity (Wildman–Crippen MR) is 325 cm³/mol. The van der Waals surface area contributed by atoms with E-state index in [1.54, 1.807) is 32.9 Å². The Bertz CT molecular complexity index is 2740. The molecule has 2 aliphatic rings. The first-order valence-corrected chi connectivity index (χ1v) is 29.8. The summed E-state index contributed by atoms with van der Waals surface area (Å²) in [6.07, 6.45) is 2.58. The highest BCUT2D eigenvalue weighted by Gasteiger charge is 2.45. The summed E-state index contributed by atoms with van der Waals surface area (Å²) < 4.78 is 0. The molecule has 86 heavy (non-hydrogen) atoms. The minimum atomic E-state index is -1.24. The summed E-state index contributed by atoms with van der Waals surface area (Å²) in [7, 11) is 1.45. The van der Waals surface area contributed by atoms with Gasteiger partial charge in [0.05, 0.1) is 18.0 Å². The number of hydrogen-bond acceptors (Lipinski definition) is 14. The number of nitrogens with zero attached hydrogens (tertiary/aromatic N) is 5. The molecule has 0 saturated carbocycles. The van der Waals surface area contributed by atoms with Crippen LogP contribution in [0.25, 0.3) is 0 Å². The molecule has 25 nitrogen and oxygen atoms in total. The summed E-state index contributed by atoms with van der Waals surface area (Å²) in [6.45, 7) is 11.4. The minimum Gasteiger partial charge on any atom is -0.508 e. The smallest absolute Gasteiger partial charge is 0.307 e. The van der Waals surface area contributed by atoms with Crippen molar-refractivity contribution in [3.05, 3.63) is 65.2 Å². The lowest BCUT2D eigenvalue weighted by Crippen LogP contribution is -2.58. The number of nitrogens with two attached hydrogens (primary N) is 5. The summed E-state index contributed by atoms with van der Waals surface area (Å²) in [5, 5.41) is 28.5. The topological polar surface area (TPSA) is 412 Å². The maximum atomic E-state index is 14.9. The van der Waals surface area contributed by atoms with Crippen LogP contribution in [0.4, 0.5) is 0 Å². The van der Waals surface area contributed by atoms with Crippen LogP contribution in [0.3, 0.4) is 0 Å². The van der Waals surface area contributed by atoms with Crippen LogP contribution in [0.1, 0.15) is 158 Å². The Morgan fingerprint density at radius 2 is 1.23 bits per heavy atom. The average molecular weight is 1200 g/mol. The van der Waals surface area contributed by atoms with Gasteiger partial charge < -0.3 is 69.5 Å². The number of likely N-dealkylation sites (tertiary alicyclic amines) is 2. The van der Waals surface area contributed by atoms with E-state index in [0.29, 0.717) is 43.4 Å². The molecule has 0 aliphatic carbocycles. The molecule has 0 aromatic heterocycles. The maximum absolute atomic E-state index is 14.9. The number of unbranched alkanes of at least 4 members (excludes halogenated alkanes) is 1. The van der Waals surface area contributed by atoms with Gasteiger partial charge in [0.15, 0.2) is 29.3 Å². The Morgan fingerprint density at radius 1 is 0.686 bits per heavy atom. The Kier molecular flexibility index (Phi) is 27.6. The third-order valence-electron chi connectivity index (χ3n) is 15.8. The molecule has 0 spiro atoms. The van der Waals surface area contributed by atoms with Crippen molar-refractivity contribution >= 4 is 70.7 Å². The summed E-state index contributed by atoms with van der Waals surface area (Å²) >= 11 is 0. The van der Waals surface area contributed by atoms with Gasteiger partial charge in [-0.05, 0) is 138 Å². The first-order chi connectivity index (χ1) is 40.5. The number of carbonyl (C=O) groups excluding carboxylic acids is 9. The fourth-order valence-corrected chi connectivity index (χ4v) is 11.0. The lowest BCUT2D eigenvalue weighted by Gasteiger charge is -2.36. The molecule has 2 saturated heterocycles. The fraction of sp³-hybridized carbons (Fsp3) is 0.607. The van der Waals surface area contributed by atoms with Gasteiger partial charge >= 0.3 is 5.97 Å². The van der Waals surface area contributed by atoms with Crippen LogP contribution >= 0.6 is 0 Å². The van der Waals surface area contributed by atoms with Gasteiger partial charge in [0.25, 0.3) is 5.91 Å². The first-order valence-electron chi connectivity index (χ1n) is 29.8. The number of aromatic hydroxyl groups is 1. The number of likely N-dealkylation sites (N-methyl/N-ethyl adjacent to an activating group) is 1. The molecule has 15 N–H and O–H groups in total. The number of ketones is 3. The van der Waals surface area contributed by atoms with E-state index in [1.165, 1.54) is 65.1 Å². The summed E-state index contributed by atoms with van der Waals surface area (Å²) in [4.78, 5) is 152. The highest BCUT2D eigenvalue weighted by Crippen LogP contribution is 2.32. The Morgan fingerprint density at radius 3 is 1.78 bits per heavy atom. The number of hydrogen-bond donors (Lipinski definition) is 10. The Hall–Kier alpha value is -7.96. The Balaban J connectivity index is 1.57. The van der Waals surface area contributed by atoms with Crippen molar-refractivity contribution in [1.82, 2.24) is 30.7 Å². The van der Waals surface area contributed by atoms with Crippen molar-refractivity contribution in [2.24, 2.45) is 61.8 Å². The zero-order valence-electron chi connectivity index (χ0n) is 51.1. The number of benzene rings is 2. The number of phenolic OH excluding ortho intramolecular Hbond substituents is 1. The van der Waals surface area contributed by atoms with Crippen molar-refractivity contribution < 1.29 is 58.2 Å². The molecule has 6 amide bonds. The van der Waals surface area contributed by atoms with Crippen LogP contribution < -0.4 is 44.6 Å². The molecule has 2 fully saturated rings. The van der Waals surface area contributed by atoms with Crippen LogP contribution in [0, 0.1) is 23.2 Å². The number of amides is 6. The standard InChI is InChI=1S/C61H93N13O12/c1-36(2)32-46(71-54(81)48-17-12-30-73(48)55(82)45(14-8-9-27-62)70-52(79)40-23-21-39(22-24-40)37(3)75)56(83)74-31-13-18-49(74)57(84)72(7)47(16-11-29-68-60(65)66)51(78)35-43(61(4,5)6)53(80)69-44(15-10-28-67-59(63)64)50(77)34-41(58(85)86)33-38-19-25-42(76)26-20-38/h19-26,36,41,43-49,76H,8-18,27-35,62H2,1-7H3,(H,69,80)(H,70,79)(H,71,81)(H,85,86)(H4,63,64,67)(H4,65,66,68)/t41-,43-,44+,45+,46+,47+,48+,49+/m1/s1. The molecule has 0 bridgehead atoms. The number of phenols is 1. The second kappa shape index (κ2) is 33.7. The normalized spacial score (nSPS) is 17.0. The highest BCUT2D eigenvalue weighted by molar-refractivity contribution is 6.01. The number of rotatable bonds is 34. The summed E-state index contributed by atoms with van der Waals surface area (Å²) in [6, 6.07) is 5.47. The zero-order valence-corrected chi connectivity index (χ0v) is 51.1. The van der Waals surface area contributed by atoms with E-state index in [-0.39, 0.29) is 119 Å². The van der Waals surface area contributed by atoms with Gasteiger partial charge in [-0.3, -0.25) is 57.9 Å². The molecule has 8 atom stereocenters. The number of Topliss-reactive ketones (excluding diaryl/α,β-unsaturated/α-hetero) is 3. The van der Waals surface area contributed by atoms with Gasteiger partial charge in [-0.15, -0.1) is 0 Å². The molecule has 0 radical (unpaired) electrons. The minimum absolute atomic E-state index is 0.0153. The van der Waals surface area contributed by atoms with E-state index in [1.807, 2.05) is 13.8 Å². The molecule has 25 heteroatoms. The highest BCUT2D eigenvalue weighted by atomic mass is 16.4. The molecule has 474 valence electrons. The molecular formula is C61H93N13O12. The van der Waals surface area contributed by atoms with Crippen LogP contribution in [-0.4, -0.2) is 172 Å². The predicted octanol–water partition coefficient (Wildman–Crippen LogP) is 2.28. The first kappa shape index (κ1) is 70.5. The average Bonchev–Trinajstić information content (AvgIpc) is 2.48. The number of aliphatic imine (C=N–C) groups is 2. The molecule has 2 aromatic carbocycles. The van der Waals surface area contributed by atoms with Crippen LogP contribution in [0.5, 0.6) is 5.75 Å². The van der Waals surface area contributed by atoms with E-state index >= 15 is 0 Å². The van der Waals surface area contributed by atoms with Gasteiger partial charge in [-0.25, -0.2) is 0 Å². The second-order valence-corrected chi connectivity index (χ2v) is 24.1. The molecule has 2 heterocycles. The van der Waals surface area contributed by atoms with Crippen molar-refractivity contribution in [1.29, 1.82) is 0 Å². The Labute approximate surface area is 504 Å². The van der Waals surface area contributed by atoms with E-state index in [9.17, 15) is 58.2 Å². The molecule has 2 aromatic rings. The van der Waals surface area contributed by atoms with E-state index in [2.05, 4.69) is 25.9 Å². The van der Waals surface area contributed by atoms with Crippen molar-refractivity contribution in [2.75, 3.05) is 39.8 Å². The van der Waals surface area contributed by atoms with Gasteiger partial charge in [0.2, 0.25) is 29.5 Å². The quantitative estimate of drug-likeness (QED) is 0.0208. The van der Waals surface area contributed by atoms with Crippen LogP contribution in [-0.2, 0) is 44.8 Å². The van der Waals surface area contributed by atoms with E-state index in [4.69, 9.17) is 28.7 Å². The lowest BCUT2D eigenvalue weighted by atomic mass is 9.76.